The van der Waals surface area contributed by atoms with Crippen LogP contribution in [0.2, 0.25) is 0 Å². The van der Waals surface area contributed by atoms with Crippen molar-refractivity contribution in [2.24, 2.45) is 0 Å². The molecule has 1 saturated heterocycles. The van der Waals surface area contributed by atoms with Crippen LogP contribution in [0, 0.1) is 0 Å². The summed E-state index contributed by atoms with van der Waals surface area (Å²) in [5.74, 6) is -1.44. The fraction of sp³-hybridized carbons (Fsp3) is 0.353. The van der Waals surface area contributed by atoms with Gasteiger partial charge in [-0.25, -0.2) is 0 Å². The van der Waals surface area contributed by atoms with Gasteiger partial charge in [-0.05, 0) is 42.0 Å². The van der Waals surface area contributed by atoms with Crippen LogP contribution in [-0.4, -0.2) is 35.2 Å². The summed E-state index contributed by atoms with van der Waals surface area (Å²) >= 11 is 0.570. The largest absolute Gasteiger partial charge is 0.464 e. The molecule has 1 aromatic rings. The van der Waals surface area contributed by atoms with Crippen molar-refractivity contribution in [3.8, 4) is 0 Å². The van der Waals surface area contributed by atoms with Crippen LogP contribution < -0.4 is 0 Å². The molecule has 1 aliphatic heterocycles. The average molecular weight is 387 g/mol. The molecule has 0 radical (unpaired) electrons. The molecule has 140 valence electrons. The predicted molar refractivity (Wildman–Crippen MR) is 90.0 cm³/mol. The lowest BCUT2D eigenvalue weighted by atomic mass is 10.1. The summed E-state index contributed by atoms with van der Waals surface area (Å²) < 4.78 is 43.1. The summed E-state index contributed by atoms with van der Waals surface area (Å²) in [5.41, 5.74) is -0.721. The van der Waals surface area contributed by atoms with Gasteiger partial charge in [0.1, 0.15) is 6.54 Å². The van der Waals surface area contributed by atoms with Gasteiger partial charge < -0.3 is 4.74 Å². The Morgan fingerprint density at radius 2 is 2.04 bits per heavy atom. The molecule has 1 aromatic carbocycles. The Balaban J connectivity index is 2.10. The topological polar surface area (TPSA) is 63.7 Å². The molecule has 2 rings (SSSR count). The number of unbranched alkanes of at least 4 members (excludes halogenated alkanes) is 1. The van der Waals surface area contributed by atoms with Gasteiger partial charge in [0, 0.05) is 0 Å². The Morgan fingerprint density at radius 3 is 2.69 bits per heavy atom. The first kappa shape index (κ1) is 20.0. The third-order valence-corrected chi connectivity index (χ3v) is 4.34. The molecule has 2 amide bonds. The van der Waals surface area contributed by atoms with Crippen molar-refractivity contribution in [3.63, 3.8) is 0 Å². The van der Waals surface area contributed by atoms with Gasteiger partial charge >= 0.3 is 12.1 Å². The maximum absolute atomic E-state index is 12.7. The fourth-order valence-corrected chi connectivity index (χ4v) is 2.94. The first-order valence-electron chi connectivity index (χ1n) is 7.80. The van der Waals surface area contributed by atoms with Gasteiger partial charge in [0.05, 0.1) is 17.1 Å². The number of halogens is 3. The van der Waals surface area contributed by atoms with E-state index in [4.69, 9.17) is 4.74 Å². The van der Waals surface area contributed by atoms with E-state index in [9.17, 15) is 27.6 Å². The lowest BCUT2D eigenvalue weighted by Crippen LogP contribution is -2.34. The van der Waals surface area contributed by atoms with Crippen LogP contribution in [0.25, 0.3) is 6.08 Å². The molecule has 0 aromatic heterocycles. The van der Waals surface area contributed by atoms with E-state index in [0.717, 1.165) is 23.5 Å². The molecule has 0 unspecified atom stereocenters. The maximum atomic E-state index is 12.7. The number of hydrogen-bond donors (Lipinski definition) is 0. The highest BCUT2D eigenvalue weighted by Crippen LogP contribution is 2.34. The van der Waals surface area contributed by atoms with Crippen molar-refractivity contribution < 1.29 is 32.3 Å². The van der Waals surface area contributed by atoms with Crippen molar-refractivity contribution in [2.75, 3.05) is 13.2 Å². The second-order valence-corrected chi connectivity index (χ2v) is 6.46. The molecule has 0 bridgehead atoms. The van der Waals surface area contributed by atoms with Crippen molar-refractivity contribution in [2.45, 2.75) is 25.9 Å². The number of amides is 2. The summed E-state index contributed by atoms with van der Waals surface area (Å²) in [6.45, 7) is 1.60. The Labute approximate surface area is 152 Å². The molecular weight excluding hydrogens is 371 g/mol. The molecule has 0 atom stereocenters. The van der Waals surface area contributed by atoms with Gasteiger partial charge in [-0.15, -0.1) is 0 Å². The lowest BCUT2D eigenvalue weighted by Gasteiger charge is -2.11. The van der Waals surface area contributed by atoms with E-state index in [-0.39, 0.29) is 17.1 Å². The average Bonchev–Trinajstić information content (AvgIpc) is 2.82. The van der Waals surface area contributed by atoms with Crippen LogP contribution in [-0.2, 0) is 20.5 Å². The summed E-state index contributed by atoms with van der Waals surface area (Å²) in [6, 6.07) is 4.40. The van der Waals surface area contributed by atoms with E-state index in [1.165, 1.54) is 18.2 Å². The number of benzene rings is 1. The number of imide groups is 1. The smallest absolute Gasteiger partial charge is 0.416 e. The number of ether oxygens (including phenoxy) is 1. The van der Waals surface area contributed by atoms with Crippen LogP contribution >= 0.6 is 11.8 Å². The zero-order chi connectivity index (χ0) is 19.3. The number of alkyl halides is 3. The minimum absolute atomic E-state index is 0.0457. The second kappa shape index (κ2) is 8.39. The molecule has 26 heavy (non-hydrogen) atoms. The van der Waals surface area contributed by atoms with E-state index in [1.807, 2.05) is 6.92 Å². The maximum Gasteiger partial charge on any atom is 0.416 e. The van der Waals surface area contributed by atoms with Gasteiger partial charge in [-0.3, -0.25) is 19.3 Å². The van der Waals surface area contributed by atoms with Crippen molar-refractivity contribution in [1.82, 2.24) is 4.90 Å². The highest BCUT2D eigenvalue weighted by molar-refractivity contribution is 8.18. The van der Waals surface area contributed by atoms with Gasteiger partial charge in [0.25, 0.3) is 11.1 Å². The Kier molecular flexibility index (Phi) is 6.47. The number of carbonyl (C=O) groups is 3. The predicted octanol–water partition coefficient (Wildman–Crippen LogP) is 4.09. The highest BCUT2D eigenvalue weighted by atomic mass is 32.2. The number of esters is 1. The Bertz CT molecular complexity index is 746. The molecule has 0 N–H and O–H groups in total. The first-order valence-corrected chi connectivity index (χ1v) is 8.62. The fourth-order valence-electron chi connectivity index (χ4n) is 2.10. The number of rotatable bonds is 6. The van der Waals surface area contributed by atoms with Crippen LogP contribution in [0.5, 0.6) is 0 Å². The van der Waals surface area contributed by atoms with Crippen molar-refractivity contribution in [3.05, 3.63) is 40.3 Å². The summed E-state index contributed by atoms with van der Waals surface area (Å²) in [5, 5.41) is -0.666. The zero-order valence-corrected chi connectivity index (χ0v) is 14.7. The third-order valence-electron chi connectivity index (χ3n) is 3.43. The number of hydrogen-bond acceptors (Lipinski definition) is 5. The molecule has 1 heterocycles. The van der Waals surface area contributed by atoms with E-state index >= 15 is 0 Å². The molecule has 1 aliphatic rings. The molecular formula is C17H16F3NO4S. The van der Waals surface area contributed by atoms with Crippen LogP contribution in [0.3, 0.4) is 0 Å². The third kappa shape index (κ3) is 5.10. The van der Waals surface area contributed by atoms with Crippen LogP contribution in [0.4, 0.5) is 18.0 Å². The molecule has 0 spiro atoms. The minimum Gasteiger partial charge on any atom is -0.464 e. The van der Waals surface area contributed by atoms with Gasteiger partial charge in [-0.2, -0.15) is 13.2 Å². The summed E-state index contributed by atoms with van der Waals surface area (Å²) in [4.78, 5) is 36.5. The minimum atomic E-state index is -4.51. The van der Waals surface area contributed by atoms with Crippen LogP contribution in [0.1, 0.15) is 30.9 Å². The summed E-state index contributed by atoms with van der Waals surface area (Å²) in [7, 11) is 0. The normalized spacial score (nSPS) is 16.5. The molecule has 5 nitrogen and oxygen atoms in total. The Hall–Kier alpha value is -2.29. The van der Waals surface area contributed by atoms with E-state index in [1.54, 1.807) is 0 Å². The quantitative estimate of drug-likeness (QED) is 0.418. The molecule has 9 heteroatoms. The van der Waals surface area contributed by atoms with Gasteiger partial charge in [0.2, 0.25) is 0 Å². The molecule has 0 saturated carbocycles. The van der Waals surface area contributed by atoms with Crippen molar-refractivity contribution in [1.29, 1.82) is 0 Å². The van der Waals surface area contributed by atoms with E-state index < -0.39 is 35.4 Å². The number of nitrogens with zero attached hydrogens (tertiary/aromatic N) is 1. The SMILES string of the molecule is CCCCOC(=O)CN1C(=O)S/C(=C/c2cccc(C(F)(F)F)c2)C1=O. The standard InChI is InChI=1S/C17H16F3NO4S/c1-2-3-7-25-14(22)10-21-15(23)13(26-16(21)24)9-11-5-4-6-12(8-11)17(18,19)20/h4-6,8-9H,2-3,7,10H2,1H3/b13-9+. The zero-order valence-electron chi connectivity index (χ0n) is 13.8. The number of carbonyl (C=O) groups excluding carboxylic acids is 3. The monoisotopic (exact) mass is 387 g/mol. The lowest BCUT2D eigenvalue weighted by molar-refractivity contribution is -0.146. The van der Waals surface area contributed by atoms with Crippen molar-refractivity contribution >= 4 is 35.0 Å². The highest BCUT2D eigenvalue weighted by Gasteiger charge is 2.37. The molecule has 0 aliphatic carbocycles. The number of thioether (sulfide) groups is 1. The van der Waals surface area contributed by atoms with Gasteiger partial charge in [-0.1, -0.05) is 25.5 Å². The molecule has 1 fully saturated rings. The van der Waals surface area contributed by atoms with E-state index in [0.29, 0.717) is 18.2 Å². The van der Waals surface area contributed by atoms with Gasteiger partial charge in [0.15, 0.2) is 0 Å². The summed E-state index contributed by atoms with van der Waals surface area (Å²) in [6.07, 6.45) is -1.81. The first-order chi connectivity index (χ1) is 12.2. The van der Waals surface area contributed by atoms with E-state index in [2.05, 4.69) is 0 Å². The van der Waals surface area contributed by atoms with Crippen LogP contribution in [0.15, 0.2) is 29.2 Å². The Morgan fingerprint density at radius 1 is 1.31 bits per heavy atom. The second-order valence-electron chi connectivity index (χ2n) is 5.47.